The standard InChI is InChI=1S/C16H20N4O2S/c1-12-14(23-11-19-12)8-20-9-16(10-20)6-13(2-5-21-16)22-15-7-17-3-4-18-15/h3-4,7,11,13H,2,5-6,8-10H2,1H3/t13-/m0/s1. The van der Waals surface area contributed by atoms with Crippen molar-refractivity contribution in [2.24, 2.45) is 0 Å². The van der Waals surface area contributed by atoms with Crippen LogP contribution in [0.5, 0.6) is 5.88 Å². The van der Waals surface area contributed by atoms with E-state index in [0.717, 1.165) is 44.8 Å². The fourth-order valence-electron chi connectivity index (χ4n) is 3.38. The summed E-state index contributed by atoms with van der Waals surface area (Å²) in [6.45, 7) is 5.72. The quantitative estimate of drug-likeness (QED) is 0.854. The molecule has 23 heavy (non-hydrogen) atoms. The van der Waals surface area contributed by atoms with Crippen LogP contribution in [0.2, 0.25) is 0 Å². The second kappa shape index (κ2) is 6.14. The topological polar surface area (TPSA) is 60.4 Å². The lowest BCUT2D eigenvalue weighted by Gasteiger charge is -2.53. The molecule has 2 fully saturated rings. The van der Waals surface area contributed by atoms with Crippen LogP contribution in [0.15, 0.2) is 24.1 Å². The van der Waals surface area contributed by atoms with Gasteiger partial charge in [-0.15, -0.1) is 11.3 Å². The van der Waals surface area contributed by atoms with Crippen molar-refractivity contribution in [2.45, 2.75) is 38.0 Å². The number of ether oxygens (including phenoxy) is 2. The molecule has 0 N–H and O–H groups in total. The molecular weight excluding hydrogens is 312 g/mol. The smallest absolute Gasteiger partial charge is 0.232 e. The summed E-state index contributed by atoms with van der Waals surface area (Å²) >= 11 is 1.73. The van der Waals surface area contributed by atoms with Gasteiger partial charge in [-0.3, -0.25) is 9.88 Å². The van der Waals surface area contributed by atoms with Crippen molar-refractivity contribution >= 4 is 11.3 Å². The normalized spacial score (nSPS) is 23.6. The first-order chi connectivity index (χ1) is 11.2. The predicted octanol–water partition coefficient (Wildman–Crippen LogP) is 2.05. The van der Waals surface area contributed by atoms with Crippen molar-refractivity contribution in [1.29, 1.82) is 0 Å². The number of thiazole rings is 1. The van der Waals surface area contributed by atoms with Crippen LogP contribution in [0.1, 0.15) is 23.4 Å². The molecule has 4 rings (SSSR count). The van der Waals surface area contributed by atoms with E-state index in [0.29, 0.717) is 5.88 Å². The van der Waals surface area contributed by atoms with Gasteiger partial charge in [0.1, 0.15) is 6.10 Å². The summed E-state index contributed by atoms with van der Waals surface area (Å²) in [7, 11) is 0. The first-order valence-corrected chi connectivity index (χ1v) is 8.78. The van der Waals surface area contributed by atoms with Crippen LogP contribution in [-0.2, 0) is 11.3 Å². The van der Waals surface area contributed by atoms with Crippen molar-refractivity contribution in [2.75, 3.05) is 19.7 Å². The zero-order valence-electron chi connectivity index (χ0n) is 13.1. The molecule has 7 heteroatoms. The summed E-state index contributed by atoms with van der Waals surface area (Å²) in [4.78, 5) is 16.3. The third kappa shape index (κ3) is 3.22. The van der Waals surface area contributed by atoms with Gasteiger partial charge in [0.2, 0.25) is 5.88 Å². The summed E-state index contributed by atoms with van der Waals surface area (Å²) in [5.41, 5.74) is 3.01. The summed E-state index contributed by atoms with van der Waals surface area (Å²) in [5.74, 6) is 0.603. The largest absolute Gasteiger partial charge is 0.473 e. The predicted molar refractivity (Wildman–Crippen MR) is 86.5 cm³/mol. The summed E-state index contributed by atoms with van der Waals surface area (Å²) in [6, 6.07) is 0. The molecule has 0 bridgehead atoms. The van der Waals surface area contributed by atoms with Crippen LogP contribution in [0.3, 0.4) is 0 Å². The summed E-state index contributed by atoms with van der Waals surface area (Å²) < 4.78 is 12.0. The Hall–Kier alpha value is -1.57. The molecule has 2 aliphatic rings. The highest BCUT2D eigenvalue weighted by atomic mass is 32.1. The first kappa shape index (κ1) is 15.0. The van der Waals surface area contributed by atoms with Crippen LogP contribution in [-0.4, -0.2) is 51.3 Å². The maximum Gasteiger partial charge on any atom is 0.232 e. The Balaban J connectivity index is 1.33. The van der Waals surface area contributed by atoms with E-state index < -0.39 is 0 Å². The number of aryl methyl sites for hydroxylation is 1. The number of likely N-dealkylation sites (tertiary alicyclic amines) is 1. The van der Waals surface area contributed by atoms with Crippen molar-refractivity contribution in [3.63, 3.8) is 0 Å². The van der Waals surface area contributed by atoms with Gasteiger partial charge in [0.25, 0.3) is 0 Å². The number of aromatic nitrogens is 3. The van der Waals surface area contributed by atoms with E-state index in [9.17, 15) is 0 Å². The Kier molecular flexibility index (Phi) is 4.00. The molecule has 2 aromatic heterocycles. The van der Waals surface area contributed by atoms with Gasteiger partial charge < -0.3 is 9.47 Å². The zero-order chi connectivity index (χ0) is 15.7. The Bertz CT molecular complexity index is 657. The number of hydrogen-bond acceptors (Lipinski definition) is 7. The highest BCUT2D eigenvalue weighted by Crippen LogP contribution is 2.36. The molecule has 0 aromatic carbocycles. The van der Waals surface area contributed by atoms with Gasteiger partial charge in [0.05, 0.1) is 29.6 Å². The highest BCUT2D eigenvalue weighted by molar-refractivity contribution is 7.09. The Morgan fingerprint density at radius 1 is 1.39 bits per heavy atom. The maximum atomic E-state index is 6.08. The van der Waals surface area contributed by atoms with E-state index in [1.54, 1.807) is 29.9 Å². The van der Waals surface area contributed by atoms with Gasteiger partial charge in [0.15, 0.2) is 0 Å². The van der Waals surface area contributed by atoms with Gasteiger partial charge in [-0.1, -0.05) is 0 Å². The average Bonchev–Trinajstić information content (AvgIpc) is 2.92. The molecule has 0 saturated carbocycles. The highest BCUT2D eigenvalue weighted by Gasteiger charge is 2.48. The Labute approximate surface area is 139 Å². The van der Waals surface area contributed by atoms with Gasteiger partial charge in [0, 0.05) is 49.7 Å². The first-order valence-electron chi connectivity index (χ1n) is 7.90. The monoisotopic (exact) mass is 332 g/mol. The van der Waals surface area contributed by atoms with E-state index in [2.05, 4.69) is 26.8 Å². The molecule has 0 radical (unpaired) electrons. The SMILES string of the molecule is Cc1ncsc1CN1CC2(C[C@@H](Oc3cnccn3)CCO2)C1. The number of rotatable bonds is 4. The molecule has 0 amide bonds. The Morgan fingerprint density at radius 2 is 2.30 bits per heavy atom. The minimum atomic E-state index is -0.0519. The molecule has 4 heterocycles. The van der Waals surface area contributed by atoms with E-state index in [-0.39, 0.29) is 11.7 Å². The average molecular weight is 332 g/mol. The molecule has 0 aliphatic carbocycles. The fraction of sp³-hybridized carbons (Fsp3) is 0.562. The molecule has 2 aromatic rings. The molecular formula is C16H20N4O2S. The van der Waals surface area contributed by atoms with Gasteiger partial charge in [-0.2, -0.15) is 0 Å². The second-order valence-electron chi connectivity index (χ2n) is 6.31. The third-order valence-electron chi connectivity index (χ3n) is 4.51. The van der Waals surface area contributed by atoms with Crippen LogP contribution in [0.25, 0.3) is 0 Å². The number of hydrogen-bond donors (Lipinski definition) is 0. The van der Waals surface area contributed by atoms with E-state index in [4.69, 9.17) is 9.47 Å². The lowest BCUT2D eigenvalue weighted by molar-refractivity contribution is -0.188. The molecule has 6 nitrogen and oxygen atoms in total. The number of nitrogens with zero attached hydrogens (tertiary/aromatic N) is 4. The van der Waals surface area contributed by atoms with Crippen LogP contribution < -0.4 is 4.74 Å². The lowest BCUT2D eigenvalue weighted by atomic mass is 9.84. The van der Waals surface area contributed by atoms with Gasteiger partial charge in [-0.25, -0.2) is 9.97 Å². The molecule has 0 unspecified atom stereocenters. The minimum Gasteiger partial charge on any atom is -0.473 e. The van der Waals surface area contributed by atoms with Crippen LogP contribution >= 0.6 is 11.3 Å². The molecule has 122 valence electrons. The molecule has 2 aliphatic heterocycles. The second-order valence-corrected chi connectivity index (χ2v) is 7.25. The minimum absolute atomic E-state index is 0.0519. The molecule has 1 spiro atoms. The summed E-state index contributed by atoms with van der Waals surface area (Å²) in [5, 5.41) is 0. The van der Waals surface area contributed by atoms with Gasteiger partial charge >= 0.3 is 0 Å². The van der Waals surface area contributed by atoms with E-state index in [1.165, 1.54) is 4.88 Å². The third-order valence-corrected chi connectivity index (χ3v) is 5.43. The maximum absolute atomic E-state index is 6.08. The molecule has 1 atom stereocenters. The zero-order valence-corrected chi connectivity index (χ0v) is 14.0. The van der Waals surface area contributed by atoms with Crippen LogP contribution in [0.4, 0.5) is 0 Å². The summed E-state index contributed by atoms with van der Waals surface area (Å²) in [6.07, 6.45) is 6.97. The van der Waals surface area contributed by atoms with Crippen molar-refractivity contribution in [3.8, 4) is 5.88 Å². The van der Waals surface area contributed by atoms with Crippen molar-refractivity contribution in [1.82, 2.24) is 19.9 Å². The van der Waals surface area contributed by atoms with Gasteiger partial charge in [-0.05, 0) is 6.92 Å². The van der Waals surface area contributed by atoms with E-state index in [1.807, 2.05) is 5.51 Å². The van der Waals surface area contributed by atoms with Crippen molar-refractivity contribution < 1.29 is 9.47 Å². The fourth-order valence-corrected chi connectivity index (χ4v) is 4.20. The lowest BCUT2D eigenvalue weighted by Crippen LogP contribution is -2.65. The van der Waals surface area contributed by atoms with Crippen LogP contribution in [0, 0.1) is 6.92 Å². The van der Waals surface area contributed by atoms with E-state index >= 15 is 0 Å². The van der Waals surface area contributed by atoms with Crippen molar-refractivity contribution in [3.05, 3.63) is 34.7 Å². The Morgan fingerprint density at radius 3 is 3.04 bits per heavy atom. The molecule has 2 saturated heterocycles.